The molecule has 3 heterocycles. The first kappa shape index (κ1) is 11.7. The molecule has 3 aromatic heterocycles. The summed E-state index contributed by atoms with van der Waals surface area (Å²) in [6.45, 7) is 0. The average molecular weight is 279 g/mol. The Morgan fingerprint density at radius 1 is 1.19 bits per heavy atom. The van der Waals surface area contributed by atoms with Crippen LogP contribution in [-0.4, -0.2) is 25.4 Å². The van der Waals surface area contributed by atoms with Gasteiger partial charge in [0.2, 0.25) is 0 Å². The molecule has 4 rings (SSSR count). The Morgan fingerprint density at radius 3 is 2.81 bits per heavy atom. The molecule has 0 radical (unpaired) electrons. The van der Waals surface area contributed by atoms with Crippen molar-refractivity contribution in [2.45, 2.75) is 0 Å². The van der Waals surface area contributed by atoms with Crippen LogP contribution >= 0.6 is 0 Å². The van der Waals surface area contributed by atoms with Gasteiger partial charge >= 0.3 is 5.97 Å². The highest BCUT2D eigenvalue weighted by Crippen LogP contribution is 2.21. The molecule has 0 saturated carbocycles. The van der Waals surface area contributed by atoms with Crippen LogP contribution in [0.25, 0.3) is 27.6 Å². The molecular weight excluding hydrogens is 270 g/mol. The van der Waals surface area contributed by atoms with Crippen LogP contribution in [0.3, 0.4) is 0 Å². The fraction of sp³-hybridized carbons (Fsp3) is 0. The van der Waals surface area contributed by atoms with Crippen LogP contribution in [0.2, 0.25) is 0 Å². The molecule has 0 fully saturated rings. The third-order valence-corrected chi connectivity index (χ3v) is 3.51. The maximum Gasteiger partial charge on any atom is 0.337 e. The van der Waals surface area contributed by atoms with E-state index in [9.17, 15) is 9.59 Å². The third-order valence-electron chi connectivity index (χ3n) is 3.51. The zero-order valence-corrected chi connectivity index (χ0v) is 10.7. The summed E-state index contributed by atoms with van der Waals surface area (Å²) in [5.41, 5.74) is 1.94. The molecule has 6 heteroatoms. The number of hydrogen-bond donors (Lipinski definition) is 2. The Hall–Kier alpha value is -3.15. The number of aromatic nitrogens is 3. The zero-order valence-electron chi connectivity index (χ0n) is 10.7. The quantitative estimate of drug-likeness (QED) is 0.558. The maximum absolute atomic E-state index is 12.5. The lowest BCUT2D eigenvalue weighted by molar-refractivity contribution is 0.0696. The first-order valence-electron chi connectivity index (χ1n) is 6.31. The number of rotatable bonds is 1. The lowest BCUT2D eigenvalue weighted by atomic mass is 10.2. The molecule has 4 aromatic rings. The Balaban J connectivity index is 2.22. The molecule has 0 amide bonds. The van der Waals surface area contributed by atoms with E-state index in [1.807, 2.05) is 24.3 Å². The van der Waals surface area contributed by atoms with Crippen molar-refractivity contribution in [2.75, 3.05) is 0 Å². The minimum Gasteiger partial charge on any atom is -0.478 e. The zero-order chi connectivity index (χ0) is 14.6. The molecule has 0 aliphatic rings. The van der Waals surface area contributed by atoms with Gasteiger partial charge in [0.1, 0.15) is 16.7 Å². The highest BCUT2D eigenvalue weighted by atomic mass is 16.4. The molecule has 6 nitrogen and oxygen atoms in total. The van der Waals surface area contributed by atoms with Crippen molar-refractivity contribution in [1.82, 2.24) is 14.4 Å². The van der Waals surface area contributed by atoms with Gasteiger partial charge in [0.05, 0.1) is 5.56 Å². The minimum atomic E-state index is -1.08. The number of carboxylic acid groups (broad SMARTS) is 1. The molecule has 0 aliphatic carbocycles. The van der Waals surface area contributed by atoms with Crippen LogP contribution in [0.5, 0.6) is 0 Å². The SMILES string of the molecule is O=C(O)c1ccc2nc3c([nH]c4ccccc43)c(=O)n2c1. The van der Waals surface area contributed by atoms with E-state index in [1.54, 1.807) is 0 Å². The Bertz CT molecular complexity index is 1090. The number of hydrogen-bond acceptors (Lipinski definition) is 3. The summed E-state index contributed by atoms with van der Waals surface area (Å²) >= 11 is 0. The van der Waals surface area contributed by atoms with Gasteiger partial charge in [-0.2, -0.15) is 0 Å². The van der Waals surface area contributed by atoms with E-state index in [1.165, 1.54) is 22.7 Å². The summed E-state index contributed by atoms with van der Waals surface area (Å²) in [4.78, 5) is 31.1. The van der Waals surface area contributed by atoms with Crippen LogP contribution in [0.1, 0.15) is 10.4 Å². The lowest BCUT2D eigenvalue weighted by Crippen LogP contribution is -2.16. The fourth-order valence-corrected chi connectivity index (χ4v) is 2.51. The number of fused-ring (bicyclic) bond motifs is 4. The molecule has 0 bridgehead atoms. The van der Waals surface area contributed by atoms with Crippen LogP contribution in [-0.2, 0) is 0 Å². The van der Waals surface area contributed by atoms with Gasteiger partial charge < -0.3 is 10.1 Å². The van der Waals surface area contributed by atoms with Crippen LogP contribution < -0.4 is 5.56 Å². The summed E-state index contributed by atoms with van der Waals surface area (Å²) in [5.74, 6) is -1.08. The number of aromatic amines is 1. The first-order chi connectivity index (χ1) is 10.1. The van der Waals surface area contributed by atoms with Gasteiger partial charge in [-0.05, 0) is 18.2 Å². The number of benzene rings is 1. The van der Waals surface area contributed by atoms with Gasteiger partial charge in [-0.15, -0.1) is 0 Å². The van der Waals surface area contributed by atoms with Gasteiger partial charge in [-0.25, -0.2) is 9.78 Å². The number of para-hydroxylation sites is 1. The number of pyridine rings is 1. The van der Waals surface area contributed by atoms with Gasteiger partial charge in [0.15, 0.2) is 0 Å². The van der Waals surface area contributed by atoms with E-state index in [-0.39, 0.29) is 11.1 Å². The molecule has 21 heavy (non-hydrogen) atoms. The molecule has 0 atom stereocenters. The summed E-state index contributed by atoms with van der Waals surface area (Å²) in [6, 6.07) is 10.5. The van der Waals surface area contributed by atoms with Crippen molar-refractivity contribution in [2.24, 2.45) is 0 Å². The monoisotopic (exact) mass is 279 g/mol. The maximum atomic E-state index is 12.5. The molecule has 0 aliphatic heterocycles. The van der Waals surface area contributed by atoms with Gasteiger partial charge in [0.25, 0.3) is 5.56 Å². The first-order valence-corrected chi connectivity index (χ1v) is 6.31. The van der Waals surface area contributed by atoms with Crippen molar-refractivity contribution in [3.05, 3.63) is 58.5 Å². The normalized spacial score (nSPS) is 11.4. The molecule has 2 N–H and O–H groups in total. The topological polar surface area (TPSA) is 87.5 Å². The standard InChI is InChI=1S/C15H9N3O3/c19-14-13-12(9-3-1-2-4-10(9)16-13)17-11-6-5-8(15(20)21)7-18(11)14/h1-7,16H,(H,20,21). The molecule has 1 aromatic carbocycles. The van der Waals surface area contributed by atoms with E-state index in [0.717, 1.165) is 10.9 Å². The second-order valence-corrected chi connectivity index (χ2v) is 4.76. The average Bonchev–Trinajstić information content (AvgIpc) is 2.86. The summed E-state index contributed by atoms with van der Waals surface area (Å²) in [6.07, 6.45) is 1.29. The molecule has 102 valence electrons. The molecule has 0 unspecified atom stereocenters. The van der Waals surface area contributed by atoms with E-state index in [2.05, 4.69) is 9.97 Å². The van der Waals surface area contributed by atoms with E-state index < -0.39 is 5.97 Å². The van der Waals surface area contributed by atoms with Gasteiger partial charge in [-0.1, -0.05) is 18.2 Å². The second kappa shape index (κ2) is 3.92. The summed E-state index contributed by atoms with van der Waals surface area (Å²) in [5, 5.41) is 9.89. The highest BCUT2D eigenvalue weighted by Gasteiger charge is 2.12. The van der Waals surface area contributed by atoms with E-state index in [0.29, 0.717) is 16.7 Å². The van der Waals surface area contributed by atoms with Crippen LogP contribution in [0, 0.1) is 0 Å². The fourth-order valence-electron chi connectivity index (χ4n) is 2.51. The summed E-state index contributed by atoms with van der Waals surface area (Å²) < 4.78 is 1.25. The van der Waals surface area contributed by atoms with E-state index >= 15 is 0 Å². The summed E-state index contributed by atoms with van der Waals surface area (Å²) in [7, 11) is 0. The van der Waals surface area contributed by atoms with Crippen molar-refractivity contribution in [1.29, 1.82) is 0 Å². The Kier molecular flexibility index (Phi) is 2.18. The van der Waals surface area contributed by atoms with Crippen molar-refractivity contribution < 1.29 is 9.90 Å². The lowest BCUT2D eigenvalue weighted by Gasteiger charge is -2.02. The number of aromatic carboxylic acids is 1. The number of carbonyl (C=O) groups is 1. The smallest absolute Gasteiger partial charge is 0.337 e. The van der Waals surface area contributed by atoms with E-state index in [4.69, 9.17) is 5.11 Å². The van der Waals surface area contributed by atoms with Gasteiger partial charge in [-0.3, -0.25) is 9.20 Å². The third kappa shape index (κ3) is 1.56. The largest absolute Gasteiger partial charge is 0.478 e. The van der Waals surface area contributed by atoms with Crippen LogP contribution in [0.15, 0.2) is 47.4 Å². The van der Waals surface area contributed by atoms with Crippen LogP contribution in [0.4, 0.5) is 0 Å². The Labute approximate surface area is 117 Å². The predicted octanol–water partition coefficient (Wildman–Crippen LogP) is 2.03. The van der Waals surface area contributed by atoms with Crippen molar-refractivity contribution in [3.63, 3.8) is 0 Å². The number of nitrogens with one attached hydrogen (secondary N) is 1. The minimum absolute atomic E-state index is 0.0434. The van der Waals surface area contributed by atoms with Crippen molar-refractivity contribution in [3.8, 4) is 0 Å². The highest BCUT2D eigenvalue weighted by molar-refractivity contribution is 6.05. The number of H-pyrrole nitrogens is 1. The van der Waals surface area contributed by atoms with Gasteiger partial charge in [0, 0.05) is 17.1 Å². The second-order valence-electron chi connectivity index (χ2n) is 4.76. The molecular formula is C15H9N3O3. The molecule has 0 spiro atoms. The number of nitrogens with zero attached hydrogens (tertiary/aromatic N) is 2. The molecule has 0 saturated heterocycles. The Morgan fingerprint density at radius 2 is 2.00 bits per heavy atom. The van der Waals surface area contributed by atoms with Crippen molar-refractivity contribution >= 4 is 33.6 Å². The predicted molar refractivity (Wildman–Crippen MR) is 77.8 cm³/mol. The number of carboxylic acids is 1.